The average molecular weight is 520 g/mol. The van der Waals surface area contributed by atoms with Crippen molar-refractivity contribution in [2.45, 2.75) is 76.5 Å². The fourth-order valence-electron chi connectivity index (χ4n) is 3.95. The third-order valence-electron chi connectivity index (χ3n) is 6.00. The molecule has 9 nitrogen and oxygen atoms in total. The second-order valence-corrected chi connectivity index (χ2v) is 10.4. The molecule has 2 unspecified atom stereocenters. The van der Waals surface area contributed by atoms with E-state index >= 15 is 0 Å². The van der Waals surface area contributed by atoms with E-state index in [1.165, 1.54) is 22.9 Å². The number of unbranched alkanes of at least 4 members (excludes halogenated alkanes) is 1. The molecule has 3 N–H and O–H groups in total. The Bertz CT molecular complexity index is 921. The molecular formula is C26H37N3O6S. The number of hydrogen-bond donors (Lipinski definition) is 3. The molecule has 1 aliphatic heterocycles. The van der Waals surface area contributed by atoms with Gasteiger partial charge in [-0.25, -0.2) is 4.79 Å². The highest BCUT2D eigenvalue weighted by atomic mass is 32.2. The fourth-order valence-corrected chi connectivity index (χ4v) is 4.89. The molecule has 4 amide bonds. The Kier molecular flexibility index (Phi) is 12.5. The molecule has 198 valence electrons. The molecule has 1 saturated heterocycles. The summed E-state index contributed by atoms with van der Waals surface area (Å²) in [6, 6.07) is 7.19. The van der Waals surface area contributed by atoms with Gasteiger partial charge in [-0.1, -0.05) is 36.8 Å². The van der Waals surface area contributed by atoms with Crippen molar-refractivity contribution in [3.8, 4) is 0 Å². The monoisotopic (exact) mass is 519 g/mol. The van der Waals surface area contributed by atoms with Crippen LogP contribution >= 0.6 is 11.8 Å². The minimum absolute atomic E-state index is 0.0317. The first-order chi connectivity index (χ1) is 17.2. The number of aliphatic carboxylic acids is 1. The van der Waals surface area contributed by atoms with Gasteiger partial charge in [-0.15, -0.1) is 11.8 Å². The van der Waals surface area contributed by atoms with Crippen LogP contribution in [0.5, 0.6) is 0 Å². The predicted molar refractivity (Wildman–Crippen MR) is 138 cm³/mol. The summed E-state index contributed by atoms with van der Waals surface area (Å²) in [5.74, 6) is -1.56. The van der Waals surface area contributed by atoms with Crippen LogP contribution in [0.3, 0.4) is 0 Å². The Morgan fingerprint density at radius 2 is 1.81 bits per heavy atom. The lowest BCUT2D eigenvalue weighted by molar-refractivity contribution is -0.143. The summed E-state index contributed by atoms with van der Waals surface area (Å²) in [5, 5.41) is 14.3. The van der Waals surface area contributed by atoms with Crippen molar-refractivity contribution in [3.63, 3.8) is 0 Å². The Morgan fingerprint density at radius 3 is 2.47 bits per heavy atom. The quantitative estimate of drug-likeness (QED) is 0.226. The molecule has 0 bridgehead atoms. The second-order valence-electron chi connectivity index (χ2n) is 8.92. The van der Waals surface area contributed by atoms with Gasteiger partial charge >= 0.3 is 5.97 Å². The largest absolute Gasteiger partial charge is 0.480 e. The third-order valence-corrected chi connectivity index (χ3v) is 7.10. The predicted octanol–water partition coefficient (Wildman–Crippen LogP) is 2.44. The van der Waals surface area contributed by atoms with E-state index in [2.05, 4.69) is 34.9 Å². The van der Waals surface area contributed by atoms with E-state index in [9.17, 15) is 29.1 Å². The van der Waals surface area contributed by atoms with Crippen LogP contribution in [-0.2, 0) is 30.4 Å². The highest BCUT2D eigenvalue weighted by molar-refractivity contribution is 8.00. The van der Waals surface area contributed by atoms with Gasteiger partial charge in [0.05, 0.1) is 5.25 Å². The van der Waals surface area contributed by atoms with Crippen molar-refractivity contribution in [2.75, 3.05) is 18.8 Å². The number of imide groups is 1. The van der Waals surface area contributed by atoms with E-state index in [1.807, 2.05) is 13.8 Å². The zero-order chi connectivity index (χ0) is 26.5. The number of carboxylic acid groups (broad SMARTS) is 1. The smallest absolute Gasteiger partial charge is 0.326 e. The van der Waals surface area contributed by atoms with Gasteiger partial charge in [0.15, 0.2) is 0 Å². The minimum atomic E-state index is -1.14. The lowest BCUT2D eigenvalue weighted by Gasteiger charge is -2.17. The first kappa shape index (κ1) is 29.4. The average Bonchev–Trinajstić information content (AvgIpc) is 3.10. The van der Waals surface area contributed by atoms with E-state index < -0.39 is 23.2 Å². The number of rotatable bonds is 16. The number of carboxylic acids is 1. The molecule has 1 aromatic rings. The van der Waals surface area contributed by atoms with Crippen LogP contribution in [0.4, 0.5) is 0 Å². The summed E-state index contributed by atoms with van der Waals surface area (Å²) in [6.07, 6.45) is 3.36. The first-order valence-electron chi connectivity index (χ1n) is 12.5. The lowest BCUT2D eigenvalue weighted by atomic mass is 10.1. The number of likely N-dealkylation sites (tertiary alicyclic amines) is 1. The Hall–Kier alpha value is -2.88. The zero-order valence-electron chi connectivity index (χ0n) is 21.1. The van der Waals surface area contributed by atoms with E-state index in [-0.39, 0.29) is 43.5 Å². The maximum Gasteiger partial charge on any atom is 0.326 e. The van der Waals surface area contributed by atoms with Crippen molar-refractivity contribution in [3.05, 3.63) is 35.4 Å². The summed E-state index contributed by atoms with van der Waals surface area (Å²) < 4.78 is 0. The molecule has 36 heavy (non-hydrogen) atoms. The summed E-state index contributed by atoms with van der Waals surface area (Å²) >= 11 is 1.40. The van der Waals surface area contributed by atoms with Crippen molar-refractivity contribution in [1.29, 1.82) is 0 Å². The van der Waals surface area contributed by atoms with E-state index in [0.717, 1.165) is 23.5 Å². The van der Waals surface area contributed by atoms with E-state index in [1.54, 1.807) is 0 Å². The van der Waals surface area contributed by atoms with Crippen LogP contribution in [0, 0.1) is 6.92 Å². The highest BCUT2D eigenvalue weighted by Crippen LogP contribution is 2.24. The van der Waals surface area contributed by atoms with Gasteiger partial charge in [0, 0.05) is 32.4 Å². The second kappa shape index (κ2) is 15.3. The van der Waals surface area contributed by atoms with Crippen LogP contribution in [0.15, 0.2) is 24.3 Å². The number of nitrogens with zero attached hydrogens (tertiary/aromatic N) is 1. The summed E-state index contributed by atoms with van der Waals surface area (Å²) in [5.41, 5.74) is 2.41. The molecule has 2 rings (SSSR count). The number of hydrogen-bond acceptors (Lipinski definition) is 6. The number of carbonyl (C=O) groups excluding carboxylic acids is 4. The van der Waals surface area contributed by atoms with Gasteiger partial charge in [-0.2, -0.15) is 0 Å². The van der Waals surface area contributed by atoms with Crippen molar-refractivity contribution in [2.24, 2.45) is 0 Å². The molecule has 1 heterocycles. The molecule has 2 atom stereocenters. The minimum Gasteiger partial charge on any atom is -0.480 e. The third kappa shape index (κ3) is 10.0. The van der Waals surface area contributed by atoms with Crippen LogP contribution in [0.2, 0.25) is 0 Å². The van der Waals surface area contributed by atoms with Crippen molar-refractivity contribution in [1.82, 2.24) is 15.5 Å². The number of nitrogens with one attached hydrogen (secondary N) is 2. The first-order valence-corrected chi connectivity index (χ1v) is 13.6. The van der Waals surface area contributed by atoms with Gasteiger partial charge in [0.1, 0.15) is 6.04 Å². The fraction of sp³-hybridized carbons (Fsp3) is 0.577. The van der Waals surface area contributed by atoms with Gasteiger partial charge < -0.3 is 15.7 Å². The molecule has 0 aromatic heterocycles. The molecule has 1 aromatic carbocycles. The molecule has 0 spiro atoms. The van der Waals surface area contributed by atoms with Crippen LogP contribution in [-0.4, -0.2) is 69.7 Å². The Balaban J connectivity index is 1.61. The van der Waals surface area contributed by atoms with Crippen molar-refractivity contribution < 1.29 is 29.1 Å². The SMILES string of the molecule is CCSC1CC(=O)N(CCC(=O)NC(CCCCNC(=O)CCCc2ccc(C)cc2)C(=O)O)C1=O. The standard InChI is InChI=1S/C26H37N3O6S/c1-3-36-21-17-24(32)29(25(21)33)16-14-23(31)28-20(26(34)35)8-4-5-15-27-22(30)9-6-7-19-12-10-18(2)11-13-19/h10-13,20-21H,3-9,14-17H2,1-2H3,(H,27,30)(H,28,31)(H,34,35). The molecule has 0 aliphatic carbocycles. The molecular weight excluding hydrogens is 482 g/mol. The number of aryl methyl sites for hydroxylation is 2. The molecule has 1 fully saturated rings. The lowest BCUT2D eigenvalue weighted by Crippen LogP contribution is -2.42. The molecule has 10 heteroatoms. The van der Waals surface area contributed by atoms with E-state index in [4.69, 9.17) is 0 Å². The van der Waals surface area contributed by atoms with Gasteiger partial charge in [0.2, 0.25) is 23.6 Å². The van der Waals surface area contributed by atoms with Crippen LogP contribution in [0.1, 0.15) is 63.0 Å². The van der Waals surface area contributed by atoms with Gasteiger partial charge in [-0.05, 0) is 50.3 Å². The summed E-state index contributed by atoms with van der Waals surface area (Å²) in [7, 11) is 0. The zero-order valence-corrected chi connectivity index (χ0v) is 21.9. The number of thioether (sulfide) groups is 1. The number of carbonyl (C=O) groups is 5. The maximum atomic E-state index is 12.3. The van der Waals surface area contributed by atoms with Crippen molar-refractivity contribution >= 4 is 41.4 Å². The normalized spacial score (nSPS) is 16.2. The molecule has 0 radical (unpaired) electrons. The van der Waals surface area contributed by atoms with Gasteiger partial charge in [-0.3, -0.25) is 24.1 Å². The van der Waals surface area contributed by atoms with Crippen LogP contribution < -0.4 is 10.6 Å². The summed E-state index contributed by atoms with van der Waals surface area (Å²) in [6.45, 7) is 4.34. The number of amides is 4. The number of benzene rings is 1. The molecule has 1 aliphatic rings. The molecule has 0 saturated carbocycles. The Morgan fingerprint density at radius 1 is 1.08 bits per heavy atom. The Labute approximate surface area is 216 Å². The summed E-state index contributed by atoms with van der Waals surface area (Å²) in [4.78, 5) is 61.2. The van der Waals surface area contributed by atoms with Gasteiger partial charge in [0.25, 0.3) is 0 Å². The maximum absolute atomic E-state index is 12.3. The topological polar surface area (TPSA) is 133 Å². The van der Waals surface area contributed by atoms with E-state index in [0.29, 0.717) is 25.8 Å². The highest BCUT2D eigenvalue weighted by Gasteiger charge is 2.38. The van der Waals surface area contributed by atoms with Crippen LogP contribution in [0.25, 0.3) is 0 Å².